The molecule has 0 saturated heterocycles. The third kappa shape index (κ3) is 5.29. The Kier molecular flexibility index (Phi) is 5.41. The van der Waals surface area contributed by atoms with E-state index in [1.165, 1.54) is 6.07 Å². The van der Waals surface area contributed by atoms with E-state index in [0.717, 1.165) is 38.6 Å². The Morgan fingerprint density at radius 1 is 0.429 bits per heavy atom. The Morgan fingerprint density at radius 3 is 1.88 bits per heavy atom. The number of rotatable bonds is 6. The monoisotopic (exact) mass is 726 g/mol. The molecule has 3 heterocycles. The average molecular weight is 727 g/mol. The van der Waals surface area contributed by atoms with E-state index in [2.05, 4.69) is 34.9 Å². The van der Waals surface area contributed by atoms with Crippen molar-refractivity contribution in [2.45, 2.75) is 0 Å². The number of aromatic nitrogens is 4. The fraction of sp³-hybridized carbons (Fsp3) is 0. The lowest BCUT2D eigenvalue weighted by molar-refractivity contribution is 0.670. The van der Waals surface area contributed by atoms with Gasteiger partial charge in [0.05, 0.1) is 24.7 Å². The van der Waals surface area contributed by atoms with E-state index in [1.807, 2.05) is 78.9 Å². The molecule has 0 spiro atoms. The van der Waals surface area contributed by atoms with Crippen LogP contribution in [-0.4, -0.2) is 19.5 Å². The van der Waals surface area contributed by atoms with Crippen molar-refractivity contribution in [2.24, 2.45) is 0 Å². The molecule has 0 fully saturated rings. The Balaban J connectivity index is 1.17. The highest BCUT2D eigenvalue weighted by atomic mass is 16.3. The second-order valence-corrected chi connectivity index (χ2v) is 13.3. The quantitative estimate of drug-likeness (QED) is 0.171. The molecule has 0 aliphatic carbocycles. The number of hydrogen-bond acceptors (Lipinski definition) is 4. The first kappa shape index (κ1) is 23.2. The third-order valence-corrected chi connectivity index (χ3v) is 10.0. The minimum atomic E-state index is -0.578. The summed E-state index contributed by atoms with van der Waals surface area (Å²) < 4.78 is 94.5. The Labute approximate surface area is 336 Å². The highest BCUT2D eigenvalue weighted by molar-refractivity contribution is 6.14. The summed E-state index contributed by atoms with van der Waals surface area (Å²) in [4.78, 5) is 15.2. The van der Waals surface area contributed by atoms with Gasteiger partial charge in [0.15, 0.2) is 17.5 Å². The summed E-state index contributed by atoms with van der Waals surface area (Å²) in [6, 6.07) is 37.3. The second-order valence-electron chi connectivity index (χ2n) is 13.3. The Bertz CT molecular complexity index is 3780. The van der Waals surface area contributed by atoms with Gasteiger partial charge < -0.3 is 8.98 Å². The molecular weight excluding hydrogens is 685 g/mol. The first-order chi connectivity index (χ1) is 31.9. The van der Waals surface area contributed by atoms with Gasteiger partial charge in [0.25, 0.3) is 0 Å². The van der Waals surface area contributed by atoms with Crippen LogP contribution in [0.3, 0.4) is 0 Å². The first-order valence-corrected chi connectivity index (χ1v) is 18.0. The molecule has 0 unspecified atom stereocenters. The zero-order valence-corrected chi connectivity index (χ0v) is 29.4. The zero-order valence-electron chi connectivity index (χ0n) is 39.4. The lowest BCUT2D eigenvalue weighted by Crippen LogP contribution is -2.02. The number of benzene rings is 8. The van der Waals surface area contributed by atoms with Crippen molar-refractivity contribution in [1.29, 1.82) is 0 Å². The maximum absolute atomic E-state index is 8.91. The van der Waals surface area contributed by atoms with Gasteiger partial charge in [-0.1, -0.05) is 145 Å². The lowest BCUT2D eigenvalue weighted by atomic mass is 9.95. The number of nitrogens with zero attached hydrogens (tertiary/aromatic N) is 4. The maximum atomic E-state index is 8.91. The third-order valence-electron chi connectivity index (χ3n) is 10.0. The minimum absolute atomic E-state index is 0.0831. The van der Waals surface area contributed by atoms with Crippen LogP contribution in [0.15, 0.2) is 198 Å². The van der Waals surface area contributed by atoms with Crippen molar-refractivity contribution in [1.82, 2.24) is 19.5 Å². The number of para-hydroxylation sites is 3. The van der Waals surface area contributed by atoms with Crippen LogP contribution in [-0.2, 0) is 0 Å². The standard InChI is InChI=1S/C51H32N4O/c1-5-16-33(17-6-1)37-30-43(34-18-7-2-8-19-34)48-44(31-37)40-29-28-36(32-46(40)56-48)50-52-49(35-20-9-3-10-21-35)53-51(54-50)42-26-15-25-41-39-24-13-14-27-45(39)55(47(41)42)38-22-11-4-12-23-38/h1-32H/i1D,2D,5D,6D,7D,8D,16D,17D,18D,19D. The highest BCUT2D eigenvalue weighted by Crippen LogP contribution is 2.42. The molecule has 0 N–H and O–H groups in total. The molecule has 3 aromatic heterocycles. The summed E-state index contributed by atoms with van der Waals surface area (Å²) in [5.41, 5.74) is 5.50. The number of furan rings is 1. The first-order valence-electron chi connectivity index (χ1n) is 23.0. The van der Waals surface area contributed by atoms with Crippen molar-refractivity contribution in [3.8, 4) is 62.1 Å². The van der Waals surface area contributed by atoms with E-state index in [9.17, 15) is 0 Å². The Hall–Kier alpha value is -7.63. The maximum Gasteiger partial charge on any atom is 0.166 e. The molecule has 8 aromatic carbocycles. The van der Waals surface area contributed by atoms with E-state index < -0.39 is 60.4 Å². The molecule has 0 bridgehead atoms. The molecule has 5 nitrogen and oxygen atoms in total. The molecular formula is C51H32N4O. The van der Waals surface area contributed by atoms with Gasteiger partial charge >= 0.3 is 0 Å². The molecule has 0 amide bonds. The van der Waals surface area contributed by atoms with Crippen molar-refractivity contribution in [3.05, 3.63) is 194 Å². The fourth-order valence-corrected chi connectivity index (χ4v) is 7.51. The average Bonchev–Trinajstić information content (AvgIpc) is 3.90. The summed E-state index contributed by atoms with van der Waals surface area (Å²) in [6.45, 7) is 0. The molecule has 0 radical (unpaired) electrons. The van der Waals surface area contributed by atoms with E-state index >= 15 is 0 Å². The number of hydrogen-bond donors (Lipinski definition) is 0. The van der Waals surface area contributed by atoms with Gasteiger partial charge in [-0.05, 0) is 65.2 Å². The molecule has 0 atom stereocenters. The van der Waals surface area contributed by atoms with Gasteiger partial charge in [-0.2, -0.15) is 0 Å². The molecule has 262 valence electrons. The summed E-state index contributed by atoms with van der Waals surface area (Å²) in [6.07, 6.45) is 0. The topological polar surface area (TPSA) is 56.7 Å². The second kappa shape index (κ2) is 13.0. The minimum Gasteiger partial charge on any atom is -0.455 e. The van der Waals surface area contributed by atoms with Crippen LogP contribution >= 0.6 is 0 Å². The van der Waals surface area contributed by atoms with Crippen LogP contribution in [0.25, 0.3) is 106 Å². The van der Waals surface area contributed by atoms with E-state index in [4.69, 9.17) is 33.1 Å². The summed E-state index contributed by atoms with van der Waals surface area (Å²) in [7, 11) is 0. The zero-order chi connectivity index (χ0) is 45.7. The van der Waals surface area contributed by atoms with Crippen LogP contribution in [0.4, 0.5) is 0 Å². The van der Waals surface area contributed by atoms with Crippen molar-refractivity contribution < 1.29 is 18.1 Å². The van der Waals surface area contributed by atoms with Crippen molar-refractivity contribution >= 4 is 43.7 Å². The Morgan fingerprint density at radius 2 is 1.09 bits per heavy atom. The molecule has 5 heteroatoms. The van der Waals surface area contributed by atoms with E-state index in [0.29, 0.717) is 39.4 Å². The van der Waals surface area contributed by atoms with E-state index in [-0.39, 0.29) is 27.8 Å². The highest BCUT2D eigenvalue weighted by Gasteiger charge is 2.21. The largest absolute Gasteiger partial charge is 0.455 e. The van der Waals surface area contributed by atoms with Gasteiger partial charge in [0.2, 0.25) is 0 Å². The summed E-state index contributed by atoms with van der Waals surface area (Å²) >= 11 is 0. The van der Waals surface area contributed by atoms with Crippen LogP contribution in [0.5, 0.6) is 0 Å². The van der Waals surface area contributed by atoms with Crippen LogP contribution < -0.4 is 0 Å². The normalized spacial score (nSPS) is 14.1. The van der Waals surface area contributed by atoms with Gasteiger partial charge in [-0.3, -0.25) is 0 Å². The van der Waals surface area contributed by atoms with Crippen LogP contribution in [0.1, 0.15) is 13.7 Å². The predicted molar refractivity (Wildman–Crippen MR) is 229 cm³/mol. The predicted octanol–water partition coefficient (Wildman–Crippen LogP) is 13.2. The molecule has 0 saturated carbocycles. The van der Waals surface area contributed by atoms with Gasteiger partial charge in [0, 0.05) is 49.5 Å². The summed E-state index contributed by atoms with van der Waals surface area (Å²) in [5, 5.41) is 3.07. The van der Waals surface area contributed by atoms with Crippen LogP contribution in [0, 0.1) is 0 Å². The SMILES string of the molecule is [2H]c1c([2H])c([2H])c(-c2cc(-c3c([2H])c([2H])c([2H])c([2H])c3[2H])c3oc4cc(-c5nc(-c6ccccc6)nc(-c6cccc7c8ccccc8n(-c8ccccc8)c67)n5)ccc4c3c2)c([2H])c1[2H]. The van der Waals surface area contributed by atoms with E-state index in [1.54, 1.807) is 18.2 Å². The molecule has 11 aromatic rings. The fourth-order valence-electron chi connectivity index (χ4n) is 7.51. The molecule has 56 heavy (non-hydrogen) atoms. The molecule has 11 rings (SSSR count). The number of fused-ring (bicyclic) bond motifs is 6. The molecule has 0 aliphatic rings. The van der Waals surface area contributed by atoms with Gasteiger partial charge in [-0.15, -0.1) is 0 Å². The molecule has 0 aliphatic heterocycles. The van der Waals surface area contributed by atoms with Gasteiger partial charge in [-0.25, -0.2) is 15.0 Å². The van der Waals surface area contributed by atoms with Crippen LogP contribution in [0.2, 0.25) is 0 Å². The van der Waals surface area contributed by atoms with Gasteiger partial charge in [0.1, 0.15) is 11.2 Å². The lowest BCUT2D eigenvalue weighted by Gasteiger charge is -2.12. The van der Waals surface area contributed by atoms with Crippen molar-refractivity contribution in [3.63, 3.8) is 0 Å². The smallest absolute Gasteiger partial charge is 0.166 e. The summed E-state index contributed by atoms with van der Waals surface area (Å²) in [5.74, 6) is 1.21. The van der Waals surface area contributed by atoms with Crippen molar-refractivity contribution in [2.75, 3.05) is 0 Å².